The number of rotatable bonds is 4. The van der Waals surface area contributed by atoms with Crippen molar-refractivity contribution in [1.82, 2.24) is 4.90 Å². The van der Waals surface area contributed by atoms with Crippen molar-refractivity contribution in [3.8, 4) is 0 Å². The van der Waals surface area contributed by atoms with Gasteiger partial charge in [-0.2, -0.15) is 0 Å². The average molecular weight is 311 g/mol. The summed E-state index contributed by atoms with van der Waals surface area (Å²) < 4.78 is 38.9. The molecule has 0 saturated heterocycles. The molecule has 0 aliphatic carbocycles. The molecule has 0 saturated carbocycles. The zero-order valence-electron chi connectivity index (χ0n) is 11.5. The highest BCUT2D eigenvalue weighted by molar-refractivity contribution is 5.94. The predicted molar refractivity (Wildman–Crippen MR) is 73.4 cm³/mol. The molecule has 114 valence electrons. The molecule has 0 heterocycles. The molecule has 0 radical (unpaired) electrons. The van der Waals surface area contributed by atoms with Gasteiger partial charge in [0.05, 0.1) is 0 Å². The van der Waals surface area contributed by atoms with E-state index in [1.165, 1.54) is 11.9 Å². The molecule has 0 aromatic heterocycles. The minimum absolute atomic E-state index is 0. The Hall–Kier alpha value is -1.27. The molecule has 0 unspecified atom stereocenters. The fourth-order valence-electron chi connectivity index (χ4n) is 1.68. The van der Waals surface area contributed by atoms with Crippen molar-refractivity contribution in [3.05, 3.63) is 35.1 Å². The molecular formula is C13H18ClF3N2O. The molecule has 1 rings (SSSR count). The average Bonchev–Trinajstić information content (AvgIpc) is 2.33. The molecule has 3 nitrogen and oxygen atoms in total. The van der Waals surface area contributed by atoms with Crippen molar-refractivity contribution in [1.29, 1.82) is 0 Å². The molecule has 0 bridgehead atoms. The first-order valence-electron chi connectivity index (χ1n) is 5.78. The molecule has 0 atom stereocenters. The third-order valence-electron chi connectivity index (χ3n) is 2.80. The largest absolute Gasteiger partial charge is 0.341 e. The summed E-state index contributed by atoms with van der Waals surface area (Å²) in [6.45, 7) is 4.41. The zero-order chi connectivity index (χ0) is 14.8. The van der Waals surface area contributed by atoms with E-state index in [0.717, 1.165) is 0 Å². The number of carbonyl (C=O) groups is 1. The van der Waals surface area contributed by atoms with Gasteiger partial charge in [0.15, 0.2) is 17.5 Å². The lowest BCUT2D eigenvalue weighted by atomic mass is 9.93. The van der Waals surface area contributed by atoms with E-state index in [1.807, 2.05) is 13.8 Å². The van der Waals surface area contributed by atoms with Crippen LogP contribution in [0.15, 0.2) is 12.1 Å². The number of hydrogen-bond donors (Lipinski definition) is 1. The van der Waals surface area contributed by atoms with Gasteiger partial charge in [0.2, 0.25) is 0 Å². The van der Waals surface area contributed by atoms with Gasteiger partial charge in [-0.1, -0.05) is 13.8 Å². The molecule has 0 spiro atoms. The van der Waals surface area contributed by atoms with E-state index in [0.29, 0.717) is 25.2 Å². The molecule has 20 heavy (non-hydrogen) atoms. The van der Waals surface area contributed by atoms with Crippen LogP contribution < -0.4 is 5.73 Å². The van der Waals surface area contributed by atoms with Gasteiger partial charge >= 0.3 is 0 Å². The van der Waals surface area contributed by atoms with E-state index in [-0.39, 0.29) is 23.4 Å². The van der Waals surface area contributed by atoms with Crippen LogP contribution in [0.5, 0.6) is 0 Å². The van der Waals surface area contributed by atoms with Crippen molar-refractivity contribution in [3.63, 3.8) is 0 Å². The number of hydrogen-bond acceptors (Lipinski definition) is 2. The number of amides is 1. The Morgan fingerprint density at radius 1 is 1.25 bits per heavy atom. The monoisotopic (exact) mass is 310 g/mol. The molecule has 7 heteroatoms. The van der Waals surface area contributed by atoms with Gasteiger partial charge in [-0.25, -0.2) is 13.2 Å². The first-order chi connectivity index (χ1) is 8.68. The van der Waals surface area contributed by atoms with Crippen LogP contribution in [-0.2, 0) is 0 Å². The summed E-state index contributed by atoms with van der Waals surface area (Å²) in [5.74, 6) is -4.93. The van der Waals surface area contributed by atoms with Gasteiger partial charge in [-0.3, -0.25) is 4.79 Å². The summed E-state index contributed by atoms with van der Waals surface area (Å²) in [7, 11) is 1.50. The summed E-state index contributed by atoms with van der Waals surface area (Å²) in [4.78, 5) is 13.3. The highest BCUT2D eigenvalue weighted by atomic mass is 35.5. The van der Waals surface area contributed by atoms with Gasteiger partial charge in [0.25, 0.3) is 5.91 Å². The van der Waals surface area contributed by atoms with Gasteiger partial charge in [-0.15, -0.1) is 12.4 Å². The third kappa shape index (κ3) is 4.38. The van der Waals surface area contributed by atoms with E-state index < -0.39 is 23.4 Å². The van der Waals surface area contributed by atoms with Crippen molar-refractivity contribution in [2.45, 2.75) is 13.8 Å². The molecule has 2 N–H and O–H groups in total. The predicted octanol–water partition coefficient (Wildman–Crippen LogP) is 2.58. The molecule has 0 fully saturated rings. The fourth-order valence-corrected chi connectivity index (χ4v) is 1.68. The summed E-state index contributed by atoms with van der Waals surface area (Å²) in [6.07, 6.45) is 0. The molecule has 1 aromatic carbocycles. The Balaban J connectivity index is 0.00000361. The van der Waals surface area contributed by atoms with Crippen LogP contribution in [0.25, 0.3) is 0 Å². The van der Waals surface area contributed by atoms with Gasteiger partial charge in [-0.05, 0) is 24.1 Å². The molecule has 1 amide bonds. The Morgan fingerprint density at radius 3 is 2.10 bits per heavy atom. The molecule has 1 aromatic rings. The highest BCUT2D eigenvalue weighted by Gasteiger charge is 2.23. The number of nitrogens with zero attached hydrogens (tertiary/aromatic N) is 1. The Labute approximate surface area is 122 Å². The van der Waals surface area contributed by atoms with Crippen molar-refractivity contribution in [2.75, 3.05) is 20.1 Å². The number of benzene rings is 1. The molecular weight excluding hydrogens is 293 g/mol. The van der Waals surface area contributed by atoms with Crippen molar-refractivity contribution < 1.29 is 18.0 Å². The normalized spacial score (nSPS) is 10.9. The van der Waals surface area contributed by atoms with Crippen LogP contribution in [-0.4, -0.2) is 30.9 Å². The fraction of sp³-hybridized carbons (Fsp3) is 0.462. The van der Waals surface area contributed by atoms with Crippen LogP contribution in [0, 0.1) is 22.9 Å². The van der Waals surface area contributed by atoms with Crippen LogP contribution in [0.3, 0.4) is 0 Å². The Morgan fingerprint density at radius 2 is 1.70 bits per heavy atom. The van der Waals surface area contributed by atoms with Gasteiger partial charge in [0, 0.05) is 19.2 Å². The maximum atomic E-state index is 13.1. The van der Waals surface area contributed by atoms with Gasteiger partial charge < -0.3 is 10.6 Å². The summed E-state index contributed by atoms with van der Waals surface area (Å²) in [5, 5.41) is 0. The summed E-state index contributed by atoms with van der Waals surface area (Å²) in [5.41, 5.74) is 5.01. The minimum atomic E-state index is -1.58. The number of nitrogens with two attached hydrogens (primary N) is 1. The second kappa shape index (κ2) is 6.95. The second-order valence-corrected chi connectivity index (χ2v) is 5.28. The van der Waals surface area contributed by atoms with E-state index in [9.17, 15) is 18.0 Å². The number of carbonyl (C=O) groups excluding carboxylic acids is 1. The van der Waals surface area contributed by atoms with Crippen LogP contribution in [0.4, 0.5) is 13.2 Å². The lowest BCUT2D eigenvalue weighted by Gasteiger charge is -2.29. The standard InChI is InChI=1S/C13H17F3N2O.ClH/c1-13(2,6-17)7-18(3)12(19)8-4-9(14)11(16)10(15)5-8;/h4-5H,6-7,17H2,1-3H3;1H. The third-order valence-corrected chi connectivity index (χ3v) is 2.80. The van der Waals surface area contributed by atoms with E-state index >= 15 is 0 Å². The maximum Gasteiger partial charge on any atom is 0.253 e. The van der Waals surface area contributed by atoms with Crippen LogP contribution >= 0.6 is 12.4 Å². The topological polar surface area (TPSA) is 46.3 Å². The number of halogens is 4. The van der Waals surface area contributed by atoms with E-state index in [2.05, 4.69) is 0 Å². The highest BCUT2D eigenvalue weighted by Crippen LogP contribution is 2.18. The van der Waals surface area contributed by atoms with E-state index in [4.69, 9.17) is 5.73 Å². The Kier molecular flexibility index (Phi) is 6.50. The SMILES string of the molecule is CN(CC(C)(C)CN)C(=O)c1cc(F)c(F)c(F)c1.Cl. The first-order valence-corrected chi connectivity index (χ1v) is 5.78. The summed E-state index contributed by atoms with van der Waals surface area (Å²) >= 11 is 0. The van der Waals surface area contributed by atoms with Crippen molar-refractivity contribution in [2.24, 2.45) is 11.1 Å². The van der Waals surface area contributed by atoms with Gasteiger partial charge in [0.1, 0.15) is 0 Å². The van der Waals surface area contributed by atoms with E-state index in [1.54, 1.807) is 0 Å². The quantitative estimate of drug-likeness (QED) is 0.869. The molecule has 0 aliphatic heterocycles. The Bertz CT molecular complexity index is 471. The smallest absolute Gasteiger partial charge is 0.253 e. The summed E-state index contributed by atoms with van der Waals surface area (Å²) in [6, 6.07) is 1.37. The lowest BCUT2D eigenvalue weighted by molar-refractivity contribution is 0.0739. The second-order valence-electron chi connectivity index (χ2n) is 5.28. The maximum absolute atomic E-state index is 13.1. The molecule has 0 aliphatic rings. The first kappa shape index (κ1) is 18.7. The van der Waals surface area contributed by atoms with Crippen LogP contribution in [0.1, 0.15) is 24.2 Å². The lowest BCUT2D eigenvalue weighted by Crippen LogP contribution is -2.39. The zero-order valence-corrected chi connectivity index (χ0v) is 12.4. The van der Waals surface area contributed by atoms with Crippen LogP contribution in [0.2, 0.25) is 0 Å². The van der Waals surface area contributed by atoms with Crippen molar-refractivity contribution >= 4 is 18.3 Å². The minimum Gasteiger partial charge on any atom is -0.341 e.